The van der Waals surface area contributed by atoms with Crippen LogP contribution in [0, 0.1) is 19.7 Å². The maximum atomic E-state index is 14.3. The van der Waals surface area contributed by atoms with Crippen LogP contribution in [0.15, 0.2) is 53.1 Å². The average Bonchev–Trinajstić information content (AvgIpc) is 3.13. The van der Waals surface area contributed by atoms with E-state index in [0.717, 1.165) is 5.56 Å². The molecule has 0 bridgehead atoms. The third-order valence-corrected chi connectivity index (χ3v) is 4.41. The highest BCUT2D eigenvalue weighted by atomic mass is 19.1. The molecule has 0 aliphatic heterocycles. The SMILES string of the molecule is Cc1ccccc1C(CC(=O)O)NC(=O)c1nc(-c2cccc(C)c2F)co1. The number of aliphatic carboxylic acids is 1. The molecule has 1 aromatic heterocycles. The molecule has 3 aromatic rings. The lowest BCUT2D eigenvalue weighted by molar-refractivity contribution is -0.137. The van der Waals surface area contributed by atoms with Crippen molar-refractivity contribution in [2.24, 2.45) is 0 Å². The molecule has 0 aliphatic rings. The third kappa shape index (κ3) is 4.09. The summed E-state index contributed by atoms with van der Waals surface area (Å²) in [5, 5.41) is 11.8. The number of nitrogens with one attached hydrogen (secondary N) is 1. The van der Waals surface area contributed by atoms with Gasteiger partial charge in [-0.25, -0.2) is 9.37 Å². The molecule has 1 atom stereocenters. The van der Waals surface area contributed by atoms with E-state index in [4.69, 9.17) is 4.42 Å². The molecule has 0 fully saturated rings. The Morgan fingerprint density at radius 1 is 1.14 bits per heavy atom. The van der Waals surface area contributed by atoms with E-state index < -0.39 is 23.7 Å². The zero-order valence-electron chi connectivity index (χ0n) is 15.4. The van der Waals surface area contributed by atoms with Crippen LogP contribution in [0.2, 0.25) is 0 Å². The van der Waals surface area contributed by atoms with Gasteiger partial charge in [-0.1, -0.05) is 36.4 Å². The Labute approximate surface area is 161 Å². The van der Waals surface area contributed by atoms with Crippen molar-refractivity contribution >= 4 is 11.9 Å². The lowest BCUT2D eigenvalue weighted by Gasteiger charge is -2.18. The molecule has 2 aromatic carbocycles. The van der Waals surface area contributed by atoms with Gasteiger partial charge in [0.1, 0.15) is 17.8 Å². The molecule has 144 valence electrons. The Hall–Kier alpha value is -3.48. The second kappa shape index (κ2) is 8.04. The molecule has 6 nitrogen and oxygen atoms in total. The van der Waals surface area contributed by atoms with Crippen molar-refractivity contribution < 1.29 is 23.5 Å². The van der Waals surface area contributed by atoms with Crippen LogP contribution in [0.1, 0.15) is 39.8 Å². The Bertz CT molecular complexity index is 1030. The van der Waals surface area contributed by atoms with E-state index in [2.05, 4.69) is 10.3 Å². The summed E-state index contributed by atoms with van der Waals surface area (Å²) in [4.78, 5) is 27.9. The maximum absolute atomic E-state index is 14.3. The van der Waals surface area contributed by atoms with Crippen LogP contribution in [-0.4, -0.2) is 22.0 Å². The number of hydrogen-bond donors (Lipinski definition) is 2. The van der Waals surface area contributed by atoms with Gasteiger partial charge < -0.3 is 14.8 Å². The fourth-order valence-electron chi connectivity index (χ4n) is 2.96. The van der Waals surface area contributed by atoms with E-state index >= 15 is 0 Å². The number of carboxylic acids is 1. The van der Waals surface area contributed by atoms with E-state index in [9.17, 15) is 19.1 Å². The minimum absolute atomic E-state index is 0.192. The normalized spacial score (nSPS) is 11.8. The number of benzene rings is 2. The van der Waals surface area contributed by atoms with E-state index in [1.54, 1.807) is 37.3 Å². The number of carboxylic acid groups (broad SMARTS) is 1. The van der Waals surface area contributed by atoms with Crippen LogP contribution >= 0.6 is 0 Å². The Morgan fingerprint density at radius 3 is 2.57 bits per heavy atom. The zero-order valence-corrected chi connectivity index (χ0v) is 15.4. The van der Waals surface area contributed by atoms with Crippen LogP contribution in [0.5, 0.6) is 0 Å². The number of carbonyl (C=O) groups excluding carboxylic acids is 1. The summed E-state index contributed by atoms with van der Waals surface area (Å²) in [7, 11) is 0. The van der Waals surface area contributed by atoms with Gasteiger partial charge in [0, 0.05) is 5.56 Å². The maximum Gasteiger partial charge on any atom is 0.307 e. The van der Waals surface area contributed by atoms with Crippen LogP contribution < -0.4 is 5.32 Å². The predicted molar refractivity (Wildman–Crippen MR) is 100 cm³/mol. The third-order valence-electron chi connectivity index (χ3n) is 4.41. The molecule has 0 saturated heterocycles. The number of rotatable bonds is 6. The van der Waals surface area contributed by atoms with Gasteiger partial charge in [0.15, 0.2) is 0 Å². The first-order valence-electron chi connectivity index (χ1n) is 8.66. The second-order valence-corrected chi connectivity index (χ2v) is 6.45. The van der Waals surface area contributed by atoms with Gasteiger partial charge in [-0.3, -0.25) is 9.59 Å². The molecule has 1 heterocycles. The van der Waals surface area contributed by atoms with E-state index in [0.29, 0.717) is 11.1 Å². The minimum atomic E-state index is -1.05. The number of carbonyl (C=O) groups is 2. The number of amides is 1. The summed E-state index contributed by atoms with van der Waals surface area (Å²) in [5.74, 6) is -2.43. The minimum Gasteiger partial charge on any atom is -0.481 e. The zero-order chi connectivity index (χ0) is 20.3. The fourth-order valence-corrected chi connectivity index (χ4v) is 2.96. The predicted octanol–water partition coefficient (Wildman–Crippen LogP) is 4.04. The molecule has 7 heteroatoms. The van der Waals surface area contributed by atoms with Crippen molar-refractivity contribution in [2.75, 3.05) is 0 Å². The largest absolute Gasteiger partial charge is 0.481 e. The monoisotopic (exact) mass is 382 g/mol. The van der Waals surface area contributed by atoms with E-state index in [1.165, 1.54) is 6.26 Å². The van der Waals surface area contributed by atoms with Crippen LogP contribution in [-0.2, 0) is 4.79 Å². The Kier molecular flexibility index (Phi) is 5.54. The topological polar surface area (TPSA) is 92.4 Å². The first kappa shape index (κ1) is 19.3. The van der Waals surface area contributed by atoms with Crippen molar-refractivity contribution in [1.82, 2.24) is 10.3 Å². The molecule has 2 N–H and O–H groups in total. The molecule has 1 unspecified atom stereocenters. The van der Waals surface area contributed by atoms with Crippen LogP contribution in [0.25, 0.3) is 11.3 Å². The highest BCUT2D eigenvalue weighted by molar-refractivity contribution is 5.91. The number of halogens is 1. The van der Waals surface area contributed by atoms with Gasteiger partial charge in [0.25, 0.3) is 5.89 Å². The van der Waals surface area contributed by atoms with Crippen LogP contribution in [0.3, 0.4) is 0 Å². The van der Waals surface area contributed by atoms with E-state index in [-0.39, 0.29) is 23.6 Å². The smallest absolute Gasteiger partial charge is 0.307 e. The van der Waals surface area contributed by atoms with Crippen molar-refractivity contribution in [3.05, 3.63) is 77.1 Å². The first-order valence-corrected chi connectivity index (χ1v) is 8.66. The molecule has 1 amide bonds. The highest BCUT2D eigenvalue weighted by Crippen LogP contribution is 2.25. The van der Waals surface area contributed by atoms with Gasteiger partial charge in [-0.15, -0.1) is 0 Å². The van der Waals surface area contributed by atoms with Crippen molar-refractivity contribution in [3.8, 4) is 11.3 Å². The lowest BCUT2D eigenvalue weighted by Crippen LogP contribution is -2.30. The summed E-state index contributed by atoms with van der Waals surface area (Å²) < 4.78 is 19.5. The number of aryl methyl sites for hydroxylation is 2. The summed E-state index contributed by atoms with van der Waals surface area (Å²) in [6.45, 7) is 3.46. The summed E-state index contributed by atoms with van der Waals surface area (Å²) in [6.07, 6.45) is 0.906. The average molecular weight is 382 g/mol. The highest BCUT2D eigenvalue weighted by Gasteiger charge is 2.23. The lowest BCUT2D eigenvalue weighted by atomic mass is 9.99. The quantitative estimate of drug-likeness (QED) is 0.671. The van der Waals surface area contributed by atoms with Gasteiger partial charge >= 0.3 is 11.9 Å². The number of oxazole rings is 1. The summed E-state index contributed by atoms with van der Waals surface area (Å²) in [6, 6.07) is 11.3. The van der Waals surface area contributed by atoms with Gasteiger partial charge in [0.05, 0.1) is 12.5 Å². The Balaban J connectivity index is 1.85. The van der Waals surface area contributed by atoms with Gasteiger partial charge in [-0.2, -0.15) is 0 Å². The second-order valence-electron chi connectivity index (χ2n) is 6.45. The van der Waals surface area contributed by atoms with Crippen molar-refractivity contribution in [2.45, 2.75) is 26.3 Å². The Morgan fingerprint density at radius 2 is 1.86 bits per heavy atom. The fraction of sp³-hybridized carbons (Fsp3) is 0.190. The summed E-state index contributed by atoms with van der Waals surface area (Å²) in [5.41, 5.74) is 2.41. The van der Waals surface area contributed by atoms with Crippen molar-refractivity contribution in [3.63, 3.8) is 0 Å². The van der Waals surface area contributed by atoms with Crippen LogP contribution in [0.4, 0.5) is 4.39 Å². The molecule has 0 spiro atoms. The molecular weight excluding hydrogens is 363 g/mol. The molecule has 0 saturated carbocycles. The summed E-state index contributed by atoms with van der Waals surface area (Å²) >= 11 is 0. The van der Waals surface area contributed by atoms with Gasteiger partial charge in [0.2, 0.25) is 0 Å². The molecule has 3 rings (SSSR count). The molecular formula is C21H19FN2O4. The standard InChI is InChI=1S/C21H19FN2O4/c1-12-6-3-4-8-14(12)16(10-18(25)26)23-20(27)21-24-17(11-28-21)15-9-5-7-13(2)19(15)22/h3-9,11,16H,10H2,1-2H3,(H,23,27)(H,25,26). The van der Waals surface area contributed by atoms with Gasteiger partial charge in [-0.05, 0) is 36.6 Å². The van der Waals surface area contributed by atoms with Crippen molar-refractivity contribution in [1.29, 1.82) is 0 Å². The number of aromatic nitrogens is 1. The molecule has 0 radical (unpaired) electrons. The number of hydrogen-bond acceptors (Lipinski definition) is 4. The molecule has 28 heavy (non-hydrogen) atoms. The first-order chi connectivity index (χ1) is 13.4. The number of nitrogens with zero attached hydrogens (tertiary/aromatic N) is 1. The van der Waals surface area contributed by atoms with E-state index in [1.807, 2.05) is 19.1 Å². The molecule has 0 aliphatic carbocycles.